The molecule has 14 heteroatoms. The minimum Gasteiger partial charge on any atom is -0.473 e. The number of oxazole rings is 1. The van der Waals surface area contributed by atoms with Gasteiger partial charge in [-0.15, -0.1) is 10.2 Å². The molecule has 0 bridgehead atoms. The van der Waals surface area contributed by atoms with Gasteiger partial charge >= 0.3 is 0 Å². The molecule has 0 aliphatic rings. The van der Waals surface area contributed by atoms with Crippen LogP contribution in [0.4, 0.5) is 13.2 Å². The second-order valence-corrected chi connectivity index (χ2v) is 9.45. The third kappa shape index (κ3) is 5.67. The number of ether oxygens (including phenoxy) is 1. The maximum atomic E-state index is 15.4. The molecule has 0 amide bonds. The van der Waals surface area contributed by atoms with Crippen molar-refractivity contribution >= 4 is 11.6 Å². The van der Waals surface area contributed by atoms with Crippen LogP contribution in [0.2, 0.25) is 5.02 Å². The molecule has 0 aliphatic heterocycles. The van der Waals surface area contributed by atoms with Crippen LogP contribution in [0.25, 0.3) is 22.8 Å². The maximum absolute atomic E-state index is 15.4. The Bertz CT molecular complexity index is 1940. The molecule has 4 heterocycles. The summed E-state index contributed by atoms with van der Waals surface area (Å²) in [5.41, 5.74) is -0.226. The Labute approximate surface area is 239 Å². The van der Waals surface area contributed by atoms with Crippen molar-refractivity contribution in [2.75, 3.05) is 0 Å². The fourth-order valence-electron chi connectivity index (χ4n) is 4.20. The molecule has 4 aromatic heterocycles. The van der Waals surface area contributed by atoms with Gasteiger partial charge in [0.2, 0.25) is 23.4 Å². The third-order valence-corrected chi connectivity index (χ3v) is 6.46. The predicted molar refractivity (Wildman–Crippen MR) is 142 cm³/mol. The highest BCUT2D eigenvalue weighted by molar-refractivity contribution is 6.30. The molecule has 0 fully saturated rings. The highest BCUT2D eigenvalue weighted by atomic mass is 35.5. The molecule has 0 aliphatic carbocycles. The number of rotatable bonds is 9. The van der Waals surface area contributed by atoms with Gasteiger partial charge in [-0.1, -0.05) is 23.7 Å². The van der Waals surface area contributed by atoms with Gasteiger partial charge in [0.25, 0.3) is 5.56 Å². The Morgan fingerprint density at radius 2 is 1.83 bits per heavy atom. The molecule has 10 nitrogen and oxygen atoms in total. The molecule has 6 rings (SSSR count). The van der Waals surface area contributed by atoms with E-state index < -0.39 is 23.0 Å². The molecular formula is C28H18ClF3N6O4. The molecule has 0 spiro atoms. The van der Waals surface area contributed by atoms with Crippen molar-refractivity contribution in [2.24, 2.45) is 0 Å². The number of benzene rings is 2. The van der Waals surface area contributed by atoms with E-state index in [0.717, 1.165) is 12.1 Å². The van der Waals surface area contributed by atoms with E-state index in [1.807, 2.05) is 0 Å². The average Bonchev–Trinajstić information content (AvgIpc) is 3.73. The monoisotopic (exact) mass is 594 g/mol. The molecule has 42 heavy (non-hydrogen) atoms. The van der Waals surface area contributed by atoms with Crippen molar-refractivity contribution in [3.63, 3.8) is 0 Å². The summed E-state index contributed by atoms with van der Waals surface area (Å²) in [5, 5.41) is 10.6. The average molecular weight is 595 g/mol. The lowest BCUT2D eigenvalue weighted by Crippen LogP contribution is -2.09. The first-order valence-electron chi connectivity index (χ1n) is 12.4. The number of H-pyrrole nitrogens is 1. The van der Waals surface area contributed by atoms with Crippen LogP contribution >= 0.6 is 11.6 Å². The Morgan fingerprint density at radius 3 is 2.60 bits per heavy atom. The smallest absolute Gasteiger partial charge is 0.280 e. The molecule has 0 atom stereocenters. The summed E-state index contributed by atoms with van der Waals surface area (Å²) < 4.78 is 62.4. The summed E-state index contributed by atoms with van der Waals surface area (Å²) in [6.07, 6.45) is 2.68. The largest absolute Gasteiger partial charge is 0.473 e. The zero-order valence-corrected chi connectivity index (χ0v) is 22.1. The first-order valence-corrected chi connectivity index (χ1v) is 12.7. The molecule has 212 valence electrons. The van der Waals surface area contributed by atoms with Crippen molar-refractivity contribution in [1.82, 2.24) is 29.9 Å². The predicted octanol–water partition coefficient (Wildman–Crippen LogP) is 5.57. The van der Waals surface area contributed by atoms with Crippen LogP contribution in [0.5, 0.6) is 5.88 Å². The maximum Gasteiger partial charge on any atom is 0.280 e. The minimum atomic E-state index is -0.740. The fraction of sp³-hybridized carbons (Fsp3) is 0.107. The van der Waals surface area contributed by atoms with Gasteiger partial charge in [-0.05, 0) is 35.9 Å². The highest BCUT2D eigenvalue weighted by Crippen LogP contribution is 2.28. The number of hydrogen-bond donors (Lipinski definition) is 1. The van der Waals surface area contributed by atoms with Gasteiger partial charge in [-0.25, -0.2) is 23.1 Å². The lowest BCUT2D eigenvalue weighted by Gasteiger charge is -2.11. The van der Waals surface area contributed by atoms with Crippen molar-refractivity contribution in [1.29, 1.82) is 0 Å². The van der Waals surface area contributed by atoms with Gasteiger partial charge in [0.1, 0.15) is 42.7 Å². The van der Waals surface area contributed by atoms with Crippen LogP contribution in [0.1, 0.15) is 22.8 Å². The molecule has 0 saturated heterocycles. The summed E-state index contributed by atoms with van der Waals surface area (Å²) in [6, 6.07) is 12.0. The van der Waals surface area contributed by atoms with E-state index in [-0.39, 0.29) is 70.3 Å². The number of hydrogen-bond acceptors (Lipinski definition) is 8. The van der Waals surface area contributed by atoms with Crippen LogP contribution in [-0.2, 0) is 19.6 Å². The lowest BCUT2D eigenvalue weighted by molar-refractivity contribution is 0.288. The lowest BCUT2D eigenvalue weighted by atomic mass is 10.0. The summed E-state index contributed by atoms with van der Waals surface area (Å²) >= 11 is 5.78. The second kappa shape index (κ2) is 11.4. The van der Waals surface area contributed by atoms with Crippen LogP contribution < -0.4 is 10.3 Å². The van der Waals surface area contributed by atoms with Gasteiger partial charge in [0.15, 0.2) is 0 Å². The Balaban J connectivity index is 1.26. The second-order valence-electron chi connectivity index (χ2n) is 9.01. The number of nitrogens with zero attached hydrogens (tertiary/aromatic N) is 5. The number of nitrogens with one attached hydrogen (secondary N) is 1. The van der Waals surface area contributed by atoms with Gasteiger partial charge in [-0.2, -0.15) is 5.16 Å². The van der Waals surface area contributed by atoms with Crippen molar-refractivity contribution in [2.45, 2.75) is 19.6 Å². The Morgan fingerprint density at radius 1 is 0.976 bits per heavy atom. The van der Waals surface area contributed by atoms with Gasteiger partial charge < -0.3 is 13.7 Å². The van der Waals surface area contributed by atoms with Crippen LogP contribution in [0, 0.1) is 17.5 Å². The standard InChI is InChI=1S/C28H18ClF3N6O4/c29-17-5-4-15(19(30)10-17)14-41-26-3-1-2-22(34-26)18-11-20(31)16(8-21(18)32)9-24-35-36-28(23-12-25(39)37-42-23)38(24)13-27-33-6-7-40-27/h1-8,10-12H,9,13-14H2,(H,37,39). The minimum absolute atomic E-state index is 0.00927. The van der Waals surface area contributed by atoms with Crippen molar-refractivity contribution < 1.29 is 26.8 Å². The normalized spacial score (nSPS) is 11.2. The molecule has 0 unspecified atom stereocenters. The van der Waals surface area contributed by atoms with E-state index in [1.54, 1.807) is 6.07 Å². The van der Waals surface area contributed by atoms with E-state index in [9.17, 15) is 9.18 Å². The van der Waals surface area contributed by atoms with E-state index >= 15 is 8.78 Å². The summed E-state index contributed by atoms with van der Waals surface area (Å²) in [4.78, 5) is 19.9. The zero-order chi connectivity index (χ0) is 29.2. The van der Waals surface area contributed by atoms with Crippen LogP contribution in [0.15, 0.2) is 80.8 Å². The van der Waals surface area contributed by atoms with E-state index in [4.69, 9.17) is 25.3 Å². The first-order chi connectivity index (χ1) is 20.3. The van der Waals surface area contributed by atoms with E-state index in [1.165, 1.54) is 53.4 Å². The molecular weight excluding hydrogens is 577 g/mol. The summed E-state index contributed by atoms with van der Waals surface area (Å²) in [6.45, 7) is -0.101. The van der Waals surface area contributed by atoms with E-state index in [0.29, 0.717) is 5.89 Å². The SMILES string of the molecule is O=c1cc(-c2nnc(Cc3cc(F)c(-c4cccc(OCc5ccc(Cl)cc5F)n4)cc3F)n2Cc2ncco2)o[nH]1. The quantitative estimate of drug-likeness (QED) is 0.230. The number of aromatic nitrogens is 6. The molecule has 1 N–H and O–H groups in total. The topological polar surface area (TPSA) is 125 Å². The van der Waals surface area contributed by atoms with E-state index in [2.05, 4.69) is 25.3 Å². The van der Waals surface area contributed by atoms with Crippen molar-refractivity contribution in [3.8, 4) is 28.7 Å². The fourth-order valence-corrected chi connectivity index (χ4v) is 4.36. The number of halogens is 4. The molecule has 2 aromatic carbocycles. The van der Waals surface area contributed by atoms with Crippen LogP contribution in [-0.4, -0.2) is 29.9 Å². The number of aromatic amines is 1. The first kappa shape index (κ1) is 27.0. The molecule has 0 radical (unpaired) electrons. The molecule has 6 aromatic rings. The third-order valence-electron chi connectivity index (χ3n) is 6.22. The van der Waals surface area contributed by atoms with Gasteiger partial charge in [0, 0.05) is 28.6 Å². The highest BCUT2D eigenvalue weighted by Gasteiger charge is 2.21. The number of pyridine rings is 1. The summed E-state index contributed by atoms with van der Waals surface area (Å²) in [7, 11) is 0. The van der Waals surface area contributed by atoms with Crippen molar-refractivity contribution in [3.05, 3.63) is 123 Å². The molecule has 0 saturated carbocycles. The van der Waals surface area contributed by atoms with Gasteiger partial charge in [0.05, 0.1) is 18.0 Å². The summed E-state index contributed by atoms with van der Waals surface area (Å²) in [5.74, 6) is -1.11. The van der Waals surface area contributed by atoms with Crippen LogP contribution in [0.3, 0.4) is 0 Å². The Kier molecular flexibility index (Phi) is 7.32. The Hall–Kier alpha value is -5.17. The van der Waals surface area contributed by atoms with Gasteiger partial charge in [-0.3, -0.25) is 9.36 Å². The zero-order valence-electron chi connectivity index (χ0n) is 21.4.